The first kappa shape index (κ1) is 15.5. The molecule has 0 spiro atoms. The maximum absolute atomic E-state index is 6.27. The molecule has 2 atom stereocenters. The van der Waals surface area contributed by atoms with E-state index >= 15 is 0 Å². The van der Waals surface area contributed by atoms with E-state index < -0.39 is 0 Å². The highest BCUT2D eigenvalue weighted by Gasteiger charge is 2.21. The number of fused-ring (bicyclic) bond motifs is 1. The first-order chi connectivity index (χ1) is 9.81. The van der Waals surface area contributed by atoms with Gasteiger partial charge < -0.3 is 15.2 Å². The molecule has 1 aromatic rings. The minimum Gasteiger partial charge on any atom is -0.382 e. The van der Waals surface area contributed by atoms with Crippen molar-refractivity contribution in [3.05, 3.63) is 35.4 Å². The second-order valence-corrected chi connectivity index (χ2v) is 5.68. The van der Waals surface area contributed by atoms with Crippen LogP contribution >= 0.6 is 0 Å². The number of aryl methyl sites for hydroxylation is 1. The molecule has 0 fully saturated rings. The van der Waals surface area contributed by atoms with Crippen molar-refractivity contribution in [2.45, 2.75) is 44.1 Å². The van der Waals surface area contributed by atoms with Crippen molar-refractivity contribution in [2.24, 2.45) is 5.73 Å². The van der Waals surface area contributed by atoms with Crippen LogP contribution in [0.5, 0.6) is 0 Å². The molecule has 1 aliphatic carbocycles. The first-order valence-corrected chi connectivity index (χ1v) is 7.71. The second-order valence-electron chi connectivity index (χ2n) is 5.68. The fraction of sp³-hybridized carbons (Fsp3) is 0.647. The zero-order valence-corrected chi connectivity index (χ0v) is 12.5. The van der Waals surface area contributed by atoms with Crippen LogP contribution in [0.15, 0.2) is 24.3 Å². The highest BCUT2D eigenvalue weighted by atomic mass is 16.5. The van der Waals surface area contributed by atoms with E-state index in [9.17, 15) is 0 Å². The Hall–Kier alpha value is -0.900. The van der Waals surface area contributed by atoms with E-state index in [0.717, 1.165) is 19.4 Å². The molecule has 3 nitrogen and oxygen atoms in total. The molecule has 0 radical (unpaired) electrons. The van der Waals surface area contributed by atoms with Crippen LogP contribution in [0.2, 0.25) is 0 Å². The number of ether oxygens (including phenoxy) is 2. The Morgan fingerprint density at radius 3 is 2.95 bits per heavy atom. The molecular formula is C17H27NO2. The van der Waals surface area contributed by atoms with E-state index in [0.29, 0.717) is 19.1 Å². The lowest BCUT2D eigenvalue weighted by atomic mass is 9.79. The summed E-state index contributed by atoms with van der Waals surface area (Å²) in [6.07, 6.45) is 5.79. The van der Waals surface area contributed by atoms with Gasteiger partial charge in [0.25, 0.3) is 0 Å². The van der Waals surface area contributed by atoms with Gasteiger partial charge in [-0.05, 0) is 49.1 Å². The topological polar surface area (TPSA) is 44.5 Å². The van der Waals surface area contributed by atoms with Gasteiger partial charge >= 0.3 is 0 Å². The molecule has 112 valence electrons. The van der Waals surface area contributed by atoms with Gasteiger partial charge in [0.05, 0.1) is 13.2 Å². The third-order valence-corrected chi connectivity index (χ3v) is 4.15. The molecular weight excluding hydrogens is 250 g/mol. The highest BCUT2D eigenvalue weighted by Crippen LogP contribution is 2.34. The molecule has 0 heterocycles. The van der Waals surface area contributed by atoms with Gasteiger partial charge in [0, 0.05) is 19.8 Å². The van der Waals surface area contributed by atoms with Crippen molar-refractivity contribution < 1.29 is 9.47 Å². The molecule has 2 rings (SSSR count). The maximum Gasteiger partial charge on any atom is 0.0700 e. The van der Waals surface area contributed by atoms with E-state index in [-0.39, 0.29) is 6.04 Å². The summed E-state index contributed by atoms with van der Waals surface area (Å²) in [5, 5.41) is 0. The van der Waals surface area contributed by atoms with E-state index in [1.54, 1.807) is 7.11 Å². The van der Waals surface area contributed by atoms with Crippen molar-refractivity contribution in [2.75, 3.05) is 26.9 Å². The van der Waals surface area contributed by atoms with E-state index in [4.69, 9.17) is 15.2 Å². The summed E-state index contributed by atoms with van der Waals surface area (Å²) < 4.78 is 10.5. The molecule has 1 aliphatic rings. The average Bonchev–Trinajstić information content (AvgIpc) is 2.47. The van der Waals surface area contributed by atoms with Crippen molar-refractivity contribution >= 4 is 0 Å². The van der Waals surface area contributed by atoms with Crippen LogP contribution < -0.4 is 5.73 Å². The fourth-order valence-corrected chi connectivity index (χ4v) is 3.06. The number of hydrogen-bond donors (Lipinski definition) is 1. The molecule has 0 amide bonds. The van der Waals surface area contributed by atoms with Gasteiger partial charge in [-0.3, -0.25) is 0 Å². The second kappa shape index (κ2) is 8.40. The lowest BCUT2D eigenvalue weighted by Crippen LogP contribution is -2.26. The third-order valence-electron chi connectivity index (χ3n) is 4.15. The molecule has 0 bridgehead atoms. The predicted molar refractivity (Wildman–Crippen MR) is 82.0 cm³/mol. The van der Waals surface area contributed by atoms with Crippen LogP contribution in [0.1, 0.15) is 42.7 Å². The summed E-state index contributed by atoms with van der Waals surface area (Å²) in [6.45, 7) is 2.06. The number of methoxy groups -OCH3 is 1. The van der Waals surface area contributed by atoms with Gasteiger partial charge in [-0.15, -0.1) is 0 Å². The van der Waals surface area contributed by atoms with Gasteiger partial charge in [0.2, 0.25) is 0 Å². The minimum absolute atomic E-state index is 0.230. The standard InChI is InChI=1S/C17H27NO2/c1-19-11-12-20-10-9-16(18)13-15-7-4-6-14-5-2-3-8-17(14)15/h2-3,5,8,15-16H,4,6-7,9-13,18H2,1H3. The van der Waals surface area contributed by atoms with Gasteiger partial charge in [-0.2, -0.15) is 0 Å². The lowest BCUT2D eigenvalue weighted by Gasteiger charge is -2.27. The maximum atomic E-state index is 6.27. The Balaban J connectivity index is 1.76. The molecule has 2 N–H and O–H groups in total. The molecule has 1 aromatic carbocycles. The van der Waals surface area contributed by atoms with E-state index in [1.807, 2.05) is 0 Å². The molecule has 0 aromatic heterocycles. The Bertz CT molecular complexity index is 394. The summed E-state index contributed by atoms with van der Waals surface area (Å²) in [4.78, 5) is 0. The normalized spacial score (nSPS) is 19.6. The van der Waals surface area contributed by atoms with Crippen LogP contribution in [0.4, 0.5) is 0 Å². The van der Waals surface area contributed by atoms with Gasteiger partial charge in [0.1, 0.15) is 0 Å². The highest BCUT2D eigenvalue weighted by molar-refractivity contribution is 5.32. The summed E-state index contributed by atoms with van der Waals surface area (Å²) in [5.41, 5.74) is 9.31. The summed E-state index contributed by atoms with van der Waals surface area (Å²) in [6, 6.07) is 9.07. The van der Waals surface area contributed by atoms with Gasteiger partial charge in [0.15, 0.2) is 0 Å². The van der Waals surface area contributed by atoms with Crippen LogP contribution in [-0.4, -0.2) is 33.0 Å². The van der Waals surface area contributed by atoms with Gasteiger partial charge in [-0.1, -0.05) is 24.3 Å². The summed E-state index contributed by atoms with van der Waals surface area (Å²) in [5.74, 6) is 0.633. The first-order valence-electron chi connectivity index (χ1n) is 7.71. The van der Waals surface area contributed by atoms with Crippen LogP contribution in [-0.2, 0) is 15.9 Å². The smallest absolute Gasteiger partial charge is 0.0700 e. The van der Waals surface area contributed by atoms with Crippen LogP contribution in [0.25, 0.3) is 0 Å². The quantitative estimate of drug-likeness (QED) is 0.743. The van der Waals surface area contributed by atoms with E-state index in [1.165, 1.54) is 30.4 Å². The van der Waals surface area contributed by atoms with Crippen molar-refractivity contribution in [3.63, 3.8) is 0 Å². The van der Waals surface area contributed by atoms with Crippen molar-refractivity contribution in [1.29, 1.82) is 0 Å². The summed E-state index contributed by atoms with van der Waals surface area (Å²) in [7, 11) is 1.69. The van der Waals surface area contributed by atoms with Crippen LogP contribution in [0, 0.1) is 0 Å². The minimum atomic E-state index is 0.230. The Morgan fingerprint density at radius 1 is 1.25 bits per heavy atom. The lowest BCUT2D eigenvalue weighted by molar-refractivity contribution is 0.0666. The number of nitrogens with two attached hydrogens (primary N) is 1. The Morgan fingerprint density at radius 2 is 2.10 bits per heavy atom. The SMILES string of the molecule is COCCOCCC(N)CC1CCCc2ccccc21. The summed E-state index contributed by atoms with van der Waals surface area (Å²) >= 11 is 0. The van der Waals surface area contributed by atoms with Crippen molar-refractivity contribution in [1.82, 2.24) is 0 Å². The van der Waals surface area contributed by atoms with Crippen molar-refractivity contribution in [3.8, 4) is 0 Å². The average molecular weight is 277 g/mol. The van der Waals surface area contributed by atoms with E-state index in [2.05, 4.69) is 24.3 Å². The zero-order valence-electron chi connectivity index (χ0n) is 12.5. The molecule has 20 heavy (non-hydrogen) atoms. The number of rotatable bonds is 8. The number of benzene rings is 1. The Labute approximate surface area is 122 Å². The largest absolute Gasteiger partial charge is 0.382 e. The molecule has 0 saturated heterocycles. The fourth-order valence-electron chi connectivity index (χ4n) is 3.06. The molecule has 2 unspecified atom stereocenters. The molecule has 0 aliphatic heterocycles. The molecule has 0 saturated carbocycles. The van der Waals surface area contributed by atoms with Gasteiger partial charge in [-0.25, -0.2) is 0 Å². The molecule has 3 heteroatoms. The van der Waals surface area contributed by atoms with Crippen LogP contribution in [0.3, 0.4) is 0 Å². The monoisotopic (exact) mass is 277 g/mol. The zero-order chi connectivity index (χ0) is 14.2. The third kappa shape index (κ3) is 4.58. The predicted octanol–water partition coefficient (Wildman–Crippen LogP) is 2.88. The number of hydrogen-bond acceptors (Lipinski definition) is 3. The Kier molecular flexibility index (Phi) is 6.51.